The lowest BCUT2D eigenvalue weighted by Crippen LogP contribution is -2.11. The van der Waals surface area contributed by atoms with Crippen LogP contribution in [0, 0.1) is 0 Å². The molecule has 2 heterocycles. The molecule has 0 radical (unpaired) electrons. The van der Waals surface area contributed by atoms with Gasteiger partial charge in [-0.25, -0.2) is 0 Å². The van der Waals surface area contributed by atoms with Gasteiger partial charge < -0.3 is 4.98 Å². The highest BCUT2D eigenvalue weighted by molar-refractivity contribution is 6.01. The quantitative estimate of drug-likeness (QED) is 0.739. The van der Waals surface area contributed by atoms with E-state index in [1.54, 1.807) is 0 Å². The van der Waals surface area contributed by atoms with Crippen LogP contribution in [0.2, 0.25) is 0 Å². The largest absolute Gasteiger partial charge is 0.364 e. The number of aromatic amines is 1. The number of allylic oxidation sites excluding steroid dienone is 1. The molecule has 1 N–H and O–H groups in total. The third-order valence-electron chi connectivity index (χ3n) is 2.61. The Kier molecular flexibility index (Phi) is 2.06. The summed E-state index contributed by atoms with van der Waals surface area (Å²) < 4.78 is 0. The number of H-pyrrole nitrogens is 1. The predicted octanol–water partition coefficient (Wildman–Crippen LogP) is 2.91. The van der Waals surface area contributed by atoms with Crippen LogP contribution in [-0.4, -0.2) is 16.2 Å². The molecule has 0 amide bonds. The highest BCUT2D eigenvalue weighted by atomic mass is 14.9. The zero-order valence-corrected chi connectivity index (χ0v) is 8.91. The monoisotopic (exact) mass is 188 g/mol. The summed E-state index contributed by atoms with van der Waals surface area (Å²) in [7, 11) is 0. The van der Waals surface area contributed by atoms with Crippen LogP contribution >= 0.6 is 0 Å². The van der Waals surface area contributed by atoms with E-state index in [1.165, 1.54) is 5.69 Å². The Morgan fingerprint density at radius 1 is 1.43 bits per heavy atom. The molecule has 0 saturated carbocycles. The van der Waals surface area contributed by atoms with Gasteiger partial charge in [0.25, 0.3) is 0 Å². The maximum absolute atomic E-state index is 4.66. The molecule has 0 spiro atoms. The lowest BCUT2D eigenvalue weighted by molar-refractivity contribution is 0.666. The number of nitrogens with zero attached hydrogens (tertiary/aromatic N) is 1. The van der Waals surface area contributed by atoms with Crippen molar-refractivity contribution in [1.82, 2.24) is 4.98 Å². The molecule has 1 aliphatic heterocycles. The minimum atomic E-state index is -0.0177. The van der Waals surface area contributed by atoms with Crippen molar-refractivity contribution in [2.45, 2.75) is 32.2 Å². The van der Waals surface area contributed by atoms with Gasteiger partial charge in [-0.1, -0.05) is 13.0 Å². The van der Waals surface area contributed by atoms with Crippen molar-refractivity contribution >= 4 is 5.71 Å². The molecule has 1 aliphatic rings. The Hall–Kier alpha value is -1.31. The molecule has 0 saturated heterocycles. The number of hydrogen-bond acceptors (Lipinski definition) is 1. The Morgan fingerprint density at radius 3 is 2.71 bits per heavy atom. The molecule has 1 unspecified atom stereocenters. The smallest absolute Gasteiger partial charge is 0.0738 e. The molecule has 0 bridgehead atoms. The first-order valence-corrected chi connectivity index (χ1v) is 5.01. The molecule has 14 heavy (non-hydrogen) atoms. The third kappa shape index (κ3) is 1.65. The number of rotatable bonds is 2. The zero-order chi connectivity index (χ0) is 10.2. The number of aliphatic imine (C=N–C) groups is 1. The summed E-state index contributed by atoms with van der Waals surface area (Å²) in [5.41, 5.74) is 2.37. The Balaban J connectivity index is 2.23. The summed E-state index contributed by atoms with van der Waals surface area (Å²) in [5.74, 6) is 0.364. The minimum absolute atomic E-state index is 0.0177. The molecule has 74 valence electrons. The summed E-state index contributed by atoms with van der Waals surface area (Å²) in [6.07, 6.45) is 6.24. The molecule has 0 aliphatic carbocycles. The van der Waals surface area contributed by atoms with E-state index in [4.69, 9.17) is 0 Å². The fourth-order valence-corrected chi connectivity index (χ4v) is 1.71. The molecule has 2 nitrogen and oxygen atoms in total. The average molecular weight is 188 g/mol. The summed E-state index contributed by atoms with van der Waals surface area (Å²) >= 11 is 0. The van der Waals surface area contributed by atoms with Crippen LogP contribution in [0.4, 0.5) is 0 Å². The van der Waals surface area contributed by atoms with Gasteiger partial charge in [0.05, 0.1) is 5.54 Å². The lowest BCUT2D eigenvalue weighted by atomic mass is 10.0. The van der Waals surface area contributed by atoms with Crippen molar-refractivity contribution in [1.29, 1.82) is 0 Å². The summed E-state index contributed by atoms with van der Waals surface area (Å²) in [4.78, 5) is 7.89. The van der Waals surface area contributed by atoms with Crippen LogP contribution in [-0.2, 0) is 0 Å². The summed E-state index contributed by atoms with van der Waals surface area (Å²) in [6.45, 7) is 6.42. The molecule has 2 rings (SSSR count). The molecular formula is C12H16N2. The van der Waals surface area contributed by atoms with Gasteiger partial charge in [0.15, 0.2) is 0 Å². The predicted molar refractivity (Wildman–Crippen MR) is 59.9 cm³/mol. The van der Waals surface area contributed by atoms with E-state index in [-0.39, 0.29) is 5.54 Å². The second kappa shape index (κ2) is 3.12. The first kappa shape index (κ1) is 9.25. The fourth-order valence-electron chi connectivity index (χ4n) is 1.71. The fraction of sp³-hybridized carbons (Fsp3) is 0.417. The third-order valence-corrected chi connectivity index (χ3v) is 2.61. The first-order valence-electron chi connectivity index (χ1n) is 5.01. The second-order valence-electron chi connectivity index (χ2n) is 4.37. The molecule has 1 aromatic rings. The highest BCUT2D eigenvalue weighted by Crippen LogP contribution is 2.25. The second-order valence-corrected chi connectivity index (χ2v) is 4.37. The van der Waals surface area contributed by atoms with E-state index < -0.39 is 0 Å². The van der Waals surface area contributed by atoms with E-state index in [1.807, 2.05) is 12.3 Å². The Morgan fingerprint density at radius 2 is 2.21 bits per heavy atom. The molecular weight excluding hydrogens is 172 g/mol. The molecule has 1 atom stereocenters. The number of aromatic nitrogens is 1. The lowest BCUT2D eigenvalue weighted by Gasteiger charge is -2.12. The van der Waals surface area contributed by atoms with Crippen LogP contribution in [0.15, 0.2) is 35.5 Å². The normalized spacial score (nSPS) is 20.9. The van der Waals surface area contributed by atoms with Gasteiger partial charge in [-0.05, 0) is 32.1 Å². The van der Waals surface area contributed by atoms with E-state index in [2.05, 4.69) is 49.0 Å². The summed E-state index contributed by atoms with van der Waals surface area (Å²) in [5, 5.41) is 0. The van der Waals surface area contributed by atoms with Crippen molar-refractivity contribution < 1.29 is 0 Å². The molecule has 2 heteroatoms. The number of hydrogen-bond donors (Lipinski definition) is 1. The maximum Gasteiger partial charge on any atom is 0.0738 e. The zero-order valence-electron chi connectivity index (χ0n) is 8.91. The van der Waals surface area contributed by atoms with Crippen molar-refractivity contribution in [3.8, 4) is 0 Å². The standard InChI is InChI=1S/C12H16N2/c1-9(10-5-4-8-13-10)11-6-7-12(2,3)14-11/h4-9,13H,1-3H3. The van der Waals surface area contributed by atoms with Crippen molar-refractivity contribution in [2.24, 2.45) is 4.99 Å². The van der Waals surface area contributed by atoms with Crippen LogP contribution in [0.25, 0.3) is 0 Å². The molecule has 0 aromatic carbocycles. The van der Waals surface area contributed by atoms with Gasteiger partial charge in [-0.3, -0.25) is 4.99 Å². The van der Waals surface area contributed by atoms with E-state index in [0.29, 0.717) is 5.92 Å². The highest BCUT2D eigenvalue weighted by Gasteiger charge is 2.22. The molecule has 1 aromatic heterocycles. The topological polar surface area (TPSA) is 28.1 Å². The Bertz CT molecular complexity index is 369. The van der Waals surface area contributed by atoms with Gasteiger partial charge >= 0.3 is 0 Å². The van der Waals surface area contributed by atoms with Gasteiger partial charge in [0, 0.05) is 23.5 Å². The van der Waals surface area contributed by atoms with Crippen LogP contribution in [0.1, 0.15) is 32.4 Å². The van der Waals surface area contributed by atoms with Crippen LogP contribution in [0.3, 0.4) is 0 Å². The minimum Gasteiger partial charge on any atom is -0.364 e. The Labute approximate surface area is 84.8 Å². The first-order chi connectivity index (χ1) is 6.58. The summed E-state index contributed by atoms with van der Waals surface area (Å²) in [6, 6.07) is 4.13. The maximum atomic E-state index is 4.66. The average Bonchev–Trinajstić information content (AvgIpc) is 2.72. The van der Waals surface area contributed by atoms with Crippen molar-refractivity contribution in [3.63, 3.8) is 0 Å². The van der Waals surface area contributed by atoms with Gasteiger partial charge in [0.2, 0.25) is 0 Å². The van der Waals surface area contributed by atoms with Gasteiger partial charge in [-0.2, -0.15) is 0 Å². The number of nitrogens with one attached hydrogen (secondary N) is 1. The van der Waals surface area contributed by atoms with Gasteiger partial charge in [-0.15, -0.1) is 0 Å². The van der Waals surface area contributed by atoms with Crippen LogP contribution < -0.4 is 0 Å². The van der Waals surface area contributed by atoms with Gasteiger partial charge in [0.1, 0.15) is 0 Å². The van der Waals surface area contributed by atoms with E-state index >= 15 is 0 Å². The van der Waals surface area contributed by atoms with Crippen molar-refractivity contribution in [3.05, 3.63) is 36.2 Å². The molecule has 0 fully saturated rings. The van der Waals surface area contributed by atoms with Crippen molar-refractivity contribution in [2.75, 3.05) is 0 Å². The van der Waals surface area contributed by atoms with E-state index in [9.17, 15) is 0 Å². The van der Waals surface area contributed by atoms with Crippen LogP contribution in [0.5, 0.6) is 0 Å². The SMILES string of the molecule is CC(C1=NC(C)(C)C=C1)c1ccc[nH]1. The van der Waals surface area contributed by atoms with E-state index in [0.717, 1.165) is 5.71 Å².